The van der Waals surface area contributed by atoms with Crippen LogP contribution in [-0.4, -0.2) is 27.3 Å². The standard InChI is InChI=1S/C20H17F3N2OS/c1-14-7-5-6-10-16(14)18(26)12-27-19-24-11-17(15-8-3-2-4-9-15)25(19)13-20(21,22)23/h2-11H,12-13H2,1H3. The van der Waals surface area contributed by atoms with Crippen molar-refractivity contribution in [3.8, 4) is 11.3 Å². The van der Waals surface area contributed by atoms with Gasteiger partial charge in [-0.25, -0.2) is 4.98 Å². The zero-order valence-corrected chi connectivity index (χ0v) is 15.3. The van der Waals surface area contributed by atoms with Gasteiger partial charge in [0.1, 0.15) is 6.54 Å². The molecular weight excluding hydrogens is 373 g/mol. The first-order valence-electron chi connectivity index (χ1n) is 8.24. The number of benzene rings is 2. The van der Waals surface area contributed by atoms with Crippen LogP contribution in [-0.2, 0) is 6.54 Å². The number of aryl methyl sites for hydroxylation is 1. The predicted molar refractivity (Wildman–Crippen MR) is 100.0 cm³/mol. The van der Waals surface area contributed by atoms with Crippen molar-refractivity contribution in [2.75, 3.05) is 5.75 Å². The molecule has 1 aromatic heterocycles. The van der Waals surface area contributed by atoms with E-state index in [2.05, 4.69) is 4.98 Å². The van der Waals surface area contributed by atoms with Crippen LogP contribution in [0, 0.1) is 6.92 Å². The number of imidazole rings is 1. The molecule has 0 fully saturated rings. The first-order chi connectivity index (χ1) is 12.8. The number of Topliss-reactive ketones (excluding diaryl/α,β-unsaturated/α-hetero) is 1. The third-order valence-corrected chi connectivity index (χ3v) is 4.99. The van der Waals surface area contributed by atoms with E-state index in [-0.39, 0.29) is 16.7 Å². The van der Waals surface area contributed by atoms with Crippen molar-refractivity contribution < 1.29 is 18.0 Å². The van der Waals surface area contributed by atoms with E-state index < -0.39 is 12.7 Å². The van der Waals surface area contributed by atoms with Gasteiger partial charge in [0.2, 0.25) is 0 Å². The summed E-state index contributed by atoms with van der Waals surface area (Å²) in [4.78, 5) is 16.6. The molecule has 1 heterocycles. The van der Waals surface area contributed by atoms with Gasteiger partial charge in [0.25, 0.3) is 0 Å². The fourth-order valence-corrected chi connectivity index (χ4v) is 3.60. The smallest absolute Gasteiger partial charge is 0.310 e. The molecule has 0 aliphatic rings. The normalized spacial score (nSPS) is 11.6. The number of ketones is 1. The highest BCUT2D eigenvalue weighted by atomic mass is 32.2. The number of hydrogen-bond donors (Lipinski definition) is 0. The first kappa shape index (κ1) is 19.2. The molecule has 0 aliphatic carbocycles. The van der Waals surface area contributed by atoms with E-state index in [4.69, 9.17) is 0 Å². The van der Waals surface area contributed by atoms with Crippen LogP contribution in [0.15, 0.2) is 66.0 Å². The molecule has 0 saturated heterocycles. The van der Waals surface area contributed by atoms with Crippen LogP contribution in [0.5, 0.6) is 0 Å². The van der Waals surface area contributed by atoms with Crippen molar-refractivity contribution in [2.24, 2.45) is 0 Å². The fraction of sp³-hybridized carbons (Fsp3) is 0.200. The lowest BCUT2D eigenvalue weighted by molar-refractivity contribution is -0.141. The molecule has 140 valence electrons. The fourth-order valence-electron chi connectivity index (χ4n) is 2.74. The number of rotatable bonds is 6. The minimum Gasteiger partial charge on any atom is -0.310 e. The van der Waals surface area contributed by atoms with Gasteiger partial charge in [0.15, 0.2) is 10.9 Å². The van der Waals surface area contributed by atoms with Gasteiger partial charge < -0.3 is 4.57 Å². The second kappa shape index (κ2) is 8.00. The summed E-state index contributed by atoms with van der Waals surface area (Å²) in [7, 11) is 0. The van der Waals surface area contributed by atoms with Gasteiger partial charge >= 0.3 is 6.18 Å². The molecule has 0 saturated carbocycles. The van der Waals surface area contributed by atoms with Gasteiger partial charge in [-0.2, -0.15) is 13.2 Å². The van der Waals surface area contributed by atoms with Gasteiger partial charge in [-0.05, 0) is 18.1 Å². The molecule has 0 atom stereocenters. The molecule has 0 N–H and O–H groups in total. The zero-order valence-electron chi connectivity index (χ0n) is 14.5. The average molecular weight is 390 g/mol. The van der Waals surface area contributed by atoms with Gasteiger partial charge in [-0.3, -0.25) is 4.79 Å². The molecule has 7 heteroatoms. The summed E-state index contributed by atoms with van der Waals surface area (Å²) in [6.45, 7) is 0.675. The van der Waals surface area contributed by atoms with E-state index in [9.17, 15) is 18.0 Å². The number of alkyl halides is 3. The number of aromatic nitrogens is 2. The van der Waals surface area contributed by atoms with Crippen LogP contribution in [0.2, 0.25) is 0 Å². The second-order valence-corrected chi connectivity index (χ2v) is 6.96. The second-order valence-electron chi connectivity index (χ2n) is 6.02. The highest BCUT2D eigenvalue weighted by Gasteiger charge is 2.31. The Labute approximate surface area is 159 Å². The van der Waals surface area contributed by atoms with Gasteiger partial charge in [-0.15, -0.1) is 0 Å². The van der Waals surface area contributed by atoms with Crippen LogP contribution >= 0.6 is 11.8 Å². The van der Waals surface area contributed by atoms with Crippen LogP contribution in [0.1, 0.15) is 15.9 Å². The van der Waals surface area contributed by atoms with Crippen molar-refractivity contribution in [2.45, 2.75) is 24.8 Å². The maximum atomic E-state index is 13.1. The molecule has 0 radical (unpaired) electrons. The van der Waals surface area contributed by atoms with Crippen LogP contribution in [0.3, 0.4) is 0 Å². The van der Waals surface area contributed by atoms with Gasteiger partial charge in [0, 0.05) is 5.56 Å². The van der Waals surface area contributed by atoms with E-state index in [1.807, 2.05) is 19.1 Å². The maximum Gasteiger partial charge on any atom is 0.406 e. The molecule has 27 heavy (non-hydrogen) atoms. The molecule has 0 bridgehead atoms. The van der Waals surface area contributed by atoms with E-state index in [1.165, 1.54) is 6.20 Å². The summed E-state index contributed by atoms with van der Waals surface area (Å²) in [5.74, 6) is -0.116. The molecule has 0 amide bonds. The Bertz CT molecular complexity index is 936. The van der Waals surface area contributed by atoms with Crippen molar-refractivity contribution in [1.29, 1.82) is 0 Å². The molecule has 3 nitrogen and oxygen atoms in total. The molecule has 3 rings (SSSR count). The highest BCUT2D eigenvalue weighted by Crippen LogP contribution is 2.30. The van der Waals surface area contributed by atoms with Crippen LogP contribution in [0.25, 0.3) is 11.3 Å². The molecule has 0 spiro atoms. The van der Waals surface area contributed by atoms with Crippen LogP contribution in [0.4, 0.5) is 13.2 Å². The Morgan fingerprint density at radius 1 is 1.07 bits per heavy atom. The summed E-state index contributed by atoms with van der Waals surface area (Å²) in [5, 5.41) is 0.174. The first-order valence-corrected chi connectivity index (χ1v) is 9.23. The summed E-state index contributed by atoms with van der Waals surface area (Å²) >= 11 is 1.02. The summed E-state index contributed by atoms with van der Waals surface area (Å²) < 4.78 is 40.4. The third-order valence-electron chi connectivity index (χ3n) is 4.00. The Balaban J connectivity index is 1.86. The molecule has 2 aromatic carbocycles. The monoisotopic (exact) mass is 390 g/mol. The third kappa shape index (κ3) is 4.80. The van der Waals surface area contributed by atoms with E-state index in [1.54, 1.807) is 42.5 Å². The lowest BCUT2D eigenvalue weighted by atomic mass is 10.1. The van der Waals surface area contributed by atoms with Crippen molar-refractivity contribution in [1.82, 2.24) is 9.55 Å². The number of carbonyl (C=O) groups excluding carboxylic acids is 1. The largest absolute Gasteiger partial charge is 0.406 e. The Kier molecular flexibility index (Phi) is 5.70. The zero-order chi connectivity index (χ0) is 19.4. The topological polar surface area (TPSA) is 34.9 Å². The van der Waals surface area contributed by atoms with E-state index in [0.29, 0.717) is 16.8 Å². The number of carbonyl (C=O) groups is 1. The molecule has 0 unspecified atom stereocenters. The van der Waals surface area contributed by atoms with Crippen molar-refractivity contribution in [3.05, 3.63) is 71.9 Å². The quantitative estimate of drug-likeness (QED) is 0.418. The summed E-state index contributed by atoms with van der Waals surface area (Å²) in [6, 6.07) is 15.9. The van der Waals surface area contributed by atoms with Crippen molar-refractivity contribution >= 4 is 17.5 Å². The average Bonchev–Trinajstić information content (AvgIpc) is 3.01. The minimum absolute atomic E-state index is 0.0218. The van der Waals surface area contributed by atoms with Gasteiger partial charge in [-0.1, -0.05) is 66.4 Å². The lowest BCUT2D eigenvalue weighted by Crippen LogP contribution is -2.19. The molecule has 0 aliphatic heterocycles. The van der Waals surface area contributed by atoms with E-state index in [0.717, 1.165) is 21.9 Å². The van der Waals surface area contributed by atoms with Crippen molar-refractivity contribution in [3.63, 3.8) is 0 Å². The predicted octanol–water partition coefficient (Wildman–Crippen LogP) is 5.40. The maximum absolute atomic E-state index is 13.1. The SMILES string of the molecule is Cc1ccccc1C(=O)CSc1ncc(-c2ccccc2)n1CC(F)(F)F. The molecular formula is C20H17F3N2OS. The number of hydrogen-bond acceptors (Lipinski definition) is 3. The Morgan fingerprint density at radius 2 is 1.74 bits per heavy atom. The number of nitrogens with zero attached hydrogens (tertiary/aromatic N) is 2. The number of halogens is 3. The number of thioether (sulfide) groups is 1. The molecule has 3 aromatic rings. The lowest BCUT2D eigenvalue weighted by Gasteiger charge is -2.14. The minimum atomic E-state index is -4.39. The Hall–Kier alpha value is -2.54. The summed E-state index contributed by atoms with van der Waals surface area (Å²) in [5.41, 5.74) is 2.43. The van der Waals surface area contributed by atoms with E-state index >= 15 is 0 Å². The summed E-state index contributed by atoms with van der Waals surface area (Å²) in [6.07, 6.45) is -2.97. The Morgan fingerprint density at radius 3 is 2.41 bits per heavy atom. The van der Waals surface area contributed by atoms with Crippen LogP contribution < -0.4 is 0 Å². The van der Waals surface area contributed by atoms with Gasteiger partial charge in [0.05, 0.1) is 17.6 Å². The highest BCUT2D eigenvalue weighted by molar-refractivity contribution is 7.99.